The molecule has 2 amide bonds. The third-order valence-electron chi connectivity index (χ3n) is 5.18. The minimum atomic E-state index is -0.744. The number of nitrogens with one attached hydrogen (secondary N) is 1. The Morgan fingerprint density at radius 2 is 1.78 bits per heavy atom. The Balaban J connectivity index is 1.36. The van der Waals surface area contributed by atoms with Gasteiger partial charge in [-0.15, -0.1) is 0 Å². The first-order valence-electron chi connectivity index (χ1n) is 8.44. The molecule has 1 aliphatic carbocycles. The van der Waals surface area contributed by atoms with Gasteiger partial charge in [0, 0.05) is 19.6 Å². The van der Waals surface area contributed by atoms with E-state index in [4.69, 9.17) is 5.11 Å². The van der Waals surface area contributed by atoms with Crippen LogP contribution in [0.3, 0.4) is 0 Å². The van der Waals surface area contributed by atoms with Crippen molar-refractivity contribution in [3.05, 3.63) is 35.9 Å². The molecular weight excluding hydrogens is 292 g/mol. The van der Waals surface area contributed by atoms with Crippen LogP contribution in [0.5, 0.6) is 0 Å². The van der Waals surface area contributed by atoms with Crippen LogP contribution in [0.1, 0.15) is 37.2 Å². The third kappa shape index (κ3) is 3.84. The van der Waals surface area contributed by atoms with Crippen molar-refractivity contribution in [1.82, 2.24) is 10.2 Å². The zero-order valence-electron chi connectivity index (χ0n) is 13.3. The van der Waals surface area contributed by atoms with E-state index in [9.17, 15) is 9.59 Å². The highest BCUT2D eigenvalue weighted by Gasteiger charge is 2.31. The molecule has 0 radical (unpaired) electrons. The summed E-state index contributed by atoms with van der Waals surface area (Å²) in [6, 6.07) is 10.5. The molecule has 124 valence electrons. The Morgan fingerprint density at radius 3 is 2.39 bits per heavy atom. The number of piperidine rings is 1. The van der Waals surface area contributed by atoms with Gasteiger partial charge in [0.2, 0.25) is 0 Å². The summed E-state index contributed by atoms with van der Waals surface area (Å²) in [6.07, 6.45) is 3.38. The summed E-state index contributed by atoms with van der Waals surface area (Å²) in [4.78, 5) is 24.8. The van der Waals surface area contributed by atoms with Crippen LogP contribution < -0.4 is 5.32 Å². The van der Waals surface area contributed by atoms with Crippen LogP contribution in [0.4, 0.5) is 4.79 Å². The normalized spacial score (nSPS) is 24.8. The Morgan fingerprint density at radius 1 is 1.13 bits per heavy atom. The maximum atomic E-state index is 12.1. The van der Waals surface area contributed by atoms with Gasteiger partial charge in [0.25, 0.3) is 0 Å². The molecule has 2 fully saturated rings. The molecule has 1 aromatic carbocycles. The third-order valence-corrected chi connectivity index (χ3v) is 5.18. The topological polar surface area (TPSA) is 69.6 Å². The SMILES string of the molecule is O=C(O)C1CCN(C(=O)NCC2CC(c3ccccc3)C2)CC1. The first kappa shape index (κ1) is 15.8. The molecule has 1 saturated heterocycles. The second-order valence-corrected chi connectivity index (χ2v) is 6.73. The molecule has 0 aromatic heterocycles. The second-order valence-electron chi connectivity index (χ2n) is 6.73. The molecule has 1 heterocycles. The van der Waals surface area contributed by atoms with Gasteiger partial charge >= 0.3 is 12.0 Å². The number of carbonyl (C=O) groups is 2. The summed E-state index contributed by atoms with van der Waals surface area (Å²) in [5.74, 6) is 0.147. The predicted molar refractivity (Wildman–Crippen MR) is 87.2 cm³/mol. The van der Waals surface area contributed by atoms with Gasteiger partial charge in [-0.3, -0.25) is 4.79 Å². The van der Waals surface area contributed by atoms with Crippen molar-refractivity contribution in [2.75, 3.05) is 19.6 Å². The number of likely N-dealkylation sites (tertiary alicyclic amines) is 1. The van der Waals surface area contributed by atoms with Gasteiger partial charge in [0.05, 0.1) is 5.92 Å². The van der Waals surface area contributed by atoms with Gasteiger partial charge in [0.1, 0.15) is 0 Å². The number of urea groups is 1. The Kier molecular flexibility index (Phi) is 4.84. The molecule has 0 atom stereocenters. The van der Waals surface area contributed by atoms with Crippen LogP contribution >= 0.6 is 0 Å². The number of hydrogen-bond acceptors (Lipinski definition) is 2. The van der Waals surface area contributed by atoms with Crippen LogP contribution in [0.25, 0.3) is 0 Å². The molecule has 2 N–H and O–H groups in total. The van der Waals surface area contributed by atoms with E-state index in [-0.39, 0.29) is 11.9 Å². The van der Waals surface area contributed by atoms with E-state index in [2.05, 4.69) is 29.6 Å². The maximum absolute atomic E-state index is 12.1. The molecule has 1 aromatic rings. The average Bonchev–Trinajstić information content (AvgIpc) is 2.54. The monoisotopic (exact) mass is 316 g/mol. The zero-order valence-corrected chi connectivity index (χ0v) is 13.3. The summed E-state index contributed by atoms with van der Waals surface area (Å²) in [7, 11) is 0. The number of aliphatic carboxylic acids is 1. The molecule has 0 bridgehead atoms. The molecule has 1 aliphatic heterocycles. The number of amides is 2. The van der Waals surface area contributed by atoms with Gasteiger partial charge in [-0.25, -0.2) is 4.79 Å². The molecule has 5 heteroatoms. The molecule has 5 nitrogen and oxygen atoms in total. The number of carboxylic acids is 1. The average molecular weight is 316 g/mol. The number of hydrogen-bond donors (Lipinski definition) is 2. The van der Waals surface area contributed by atoms with Crippen LogP contribution in [0.2, 0.25) is 0 Å². The van der Waals surface area contributed by atoms with Crippen molar-refractivity contribution in [3.8, 4) is 0 Å². The molecule has 2 aliphatic rings. The molecule has 3 rings (SSSR count). The summed E-state index contributed by atoms with van der Waals surface area (Å²) < 4.78 is 0. The maximum Gasteiger partial charge on any atom is 0.317 e. The molecule has 1 saturated carbocycles. The van der Waals surface area contributed by atoms with Crippen molar-refractivity contribution in [2.24, 2.45) is 11.8 Å². The van der Waals surface area contributed by atoms with Crippen molar-refractivity contribution in [2.45, 2.75) is 31.6 Å². The fourth-order valence-electron chi connectivity index (χ4n) is 3.57. The van der Waals surface area contributed by atoms with Crippen LogP contribution in [-0.4, -0.2) is 41.6 Å². The second kappa shape index (κ2) is 7.02. The lowest BCUT2D eigenvalue weighted by Crippen LogP contribution is -2.47. The lowest BCUT2D eigenvalue weighted by molar-refractivity contribution is -0.143. The minimum Gasteiger partial charge on any atom is -0.481 e. The van der Waals surface area contributed by atoms with Gasteiger partial charge < -0.3 is 15.3 Å². The van der Waals surface area contributed by atoms with Crippen LogP contribution in [0.15, 0.2) is 30.3 Å². The number of nitrogens with zero attached hydrogens (tertiary/aromatic N) is 1. The minimum absolute atomic E-state index is 0.0444. The standard InChI is InChI=1S/C18H24N2O3/c21-17(22)15-6-8-20(9-7-15)18(23)19-12-13-10-16(11-13)14-4-2-1-3-5-14/h1-5,13,15-16H,6-12H2,(H,19,23)(H,21,22). The van der Waals surface area contributed by atoms with Gasteiger partial charge in [-0.05, 0) is 43.1 Å². The lowest BCUT2D eigenvalue weighted by Gasteiger charge is -2.37. The van der Waals surface area contributed by atoms with Gasteiger partial charge in [-0.1, -0.05) is 30.3 Å². The Bertz CT molecular complexity index is 547. The molecule has 0 unspecified atom stereocenters. The van der Waals surface area contributed by atoms with Gasteiger partial charge in [-0.2, -0.15) is 0 Å². The van der Waals surface area contributed by atoms with E-state index >= 15 is 0 Å². The van der Waals surface area contributed by atoms with Crippen molar-refractivity contribution in [3.63, 3.8) is 0 Å². The van der Waals surface area contributed by atoms with E-state index in [0.29, 0.717) is 37.8 Å². The number of carboxylic acid groups (broad SMARTS) is 1. The molecule has 0 spiro atoms. The smallest absolute Gasteiger partial charge is 0.317 e. The zero-order chi connectivity index (χ0) is 16.2. The lowest BCUT2D eigenvalue weighted by atomic mass is 9.71. The van der Waals surface area contributed by atoms with Crippen LogP contribution in [-0.2, 0) is 4.79 Å². The first-order valence-corrected chi connectivity index (χ1v) is 8.44. The van der Waals surface area contributed by atoms with E-state index in [1.807, 2.05) is 6.07 Å². The summed E-state index contributed by atoms with van der Waals surface area (Å²) >= 11 is 0. The number of carbonyl (C=O) groups excluding carboxylic acids is 1. The van der Waals surface area contributed by atoms with Crippen molar-refractivity contribution < 1.29 is 14.7 Å². The Hall–Kier alpha value is -2.04. The van der Waals surface area contributed by atoms with Crippen molar-refractivity contribution in [1.29, 1.82) is 0 Å². The summed E-state index contributed by atoms with van der Waals surface area (Å²) in [6.45, 7) is 1.81. The quantitative estimate of drug-likeness (QED) is 0.897. The highest BCUT2D eigenvalue weighted by molar-refractivity contribution is 5.75. The van der Waals surface area contributed by atoms with Crippen LogP contribution in [0, 0.1) is 11.8 Å². The van der Waals surface area contributed by atoms with E-state index in [1.165, 1.54) is 5.56 Å². The van der Waals surface area contributed by atoms with E-state index < -0.39 is 5.97 Å². The fraction of sp³-hybridized carbons (Fsp3) is 0.556. The largest absolute Gasteiger partial charge is 0.481 e. The van der Waals surface area contributed by atoms with Gasteiger partial charge in [0.15, 0.2) is 0 Å². The first-order chi connectivity index (χ1) is 11.1. The highest BCUT2D eigenvalue weighted by Crippen LogP contribution is 2.41. The summed E-state index contributed by atoms with van der Waals surface area (Å²) in [5, 5.41) is 12.0. The van der Waals surface area contributed by atoms with E-state index in [0.717, 1.165) is 19.4 Å². The fourth-order valence-corrected chi connectivity index (χ4v) is 3.57. The highest BCUT2D eigenvalue weighted by atomic mass is 16.4. The number of rotatable bonds is 4. The molecule has 23 heavy (non-hydrogen) atoms. The summed E-state index contributed by atoms with van der Waals surface area (Å²) in [5.41, 5.74) is 1.39. The van der Waals surface area contributed by atoms with E-state index in [1.54, 1.807) is 4.90 Å². The molecular formula is C18H24N2O3. The predicted octanol–water partition coefficient (Wildman–Crippen LogP) is 2.69. The Labute approximate surface area is 136 Å². The van der Waals surface area contributed by atoms with Crippen molar-refractivity contribution >= 4 is 12.0 Å². The number of benzene rings is 1.